The average molecular weight is 338 g/mol. The Bertz CT molecular complexity index is 910. The molecule has 1 saturated heterocycles. The van der Waals surface area contributed by atoms with Crippen molar-refractivity contribution in [1.82, 2.24) is 5.32 Å². The molecule has 0 aliphatic carbocycles. The van der Waals surface area contributed by atoms with E-state index in [1.54, 1.807) is 7.11 Å². The van der Waals surface area contributed by atoms with Crippen molar-refractivity contribution < 1.29 is 13.9 Å². The lowest BCUT2D eigenvalue weighted by atomic mass is 9.94. The molecule has 2 aromatic carbocycles. The Morgan fingerprint density at radius 1 is 1.20 bits per heavy atom. The van der Waals surface area contributed by atoms with Crippen molar-refractivity contribution in [3.63, 3.8) is 0 Å². The summed E-state index contributed by atoms with van der Waals surface area (Å²) >= 11 is 0. The molecule has 2 heterocycles. The van der Waals surface area contributed by atoms with Gasteiger partial charge in [0.15, 0.2) is 0 Å². The molecule has 2 N–H and O–H groups in total. The van der Waals surface area contributed by atoms with E-state index in [1.807, 2.05) is 36.4 Å². The third-order valence-electron chi connectivity index (χ3n) is 4.91. The average Bonchev–Trinajstić information content (AvgIpc) is 2.99. The van der Waals surface area contributed by atoms with Gasteiger partial charge in [-0.3, -0.25) is 4.79 Å². The fourth-order valence-electron chi connectivity index (χ4n) is 3.57. The molecular weight excluding hydrogens is 316 g/mol. The molecule has 0 spiro atoms. The lowest BCUT2D eigenvalue weighted by Gasteiger charge is -2.22. The van der Waals surface area contributed by atoms with Crippen LogP contribution in [0.4, 0.5) is 5.69 Å². The summed E-state index contributed by atoms with van der Waals surface area (Å²) in [6.07, 6.45) is 2.64. The van der Waals surface area contributed by atoms with E-state index in [0.717, 1.165) is 47.9 Å². The van der Waals surface area contributed by atoms with Gasteiger partial charge in [0.25, 0.3) is 0 Å². The second kappa shape index (κ2) is 6.76. The van der Waals surface area contributed by atoms with Crippen LogP contribution in [0.2, 0.25) is 0 Å². The van der Waals surface area contributed by atoms with Crippen molar-refractivity contribution >= 4 is 33.5 Å². The van der Waals surface area contributed by atoms with Gasteiger partial charge >= 0.3 is 0 Å². The molecule has 0 saturated carbocycles. The molecule has 1 aliphatic heterocycles. The van der Waals surface area contributed by atoms with Crippen molar-refractivity contribution in [3.05, 3.63) is 36.4 Å². The van der Waals surface area contributed by atoms with Crippen LogP contribution >= 0.6 is 0 Å². The van der Waals surface area contributed by atoms with Crippen LogP contribution in [0.5, 0.6) is 5.75 Å². The van der Waals surface area contributed by atoms with Crippen LogP contribution in [0.25, 0.3) is 21.9 Å². The van der Waals surface area contributed by atoms with Crippen molar-refractivity contribution in [1.29, 1.82) is 0 Å². The second-order valence-electron chi connectivity index (χ2n) is 6.59. The summed E-state index contributed by atoms with van der Waals surface area (Å²) < 4.78 is 11.4. The Balaban J connectivity index is 1.61. The predicted octanol–water partition coefficient (Wildman–Crippen LogP) is 3.92. The highest BCUT2D eigenvalue weighted by Crippen LogP contribution is 2.36. The number of carbonyl (C=O) groups is 1. The Labute approximate surface area is 146 Å². The summed E-state index contributed by atoms with van der Waals surface area (Å²) in [5.41, 5.74) is 2.24. The molecule has 0 radical (unpaired) electrons. The Morgan fingerprint density at radius 2 is 2.00 bits per heavy atom. The molecule has 1 amide bonds. The normalized spacial score (nSPS) is 15.6. The first-order valence-electron chi connectivity index (χ1n) is 8.74. The van der Waals surface area contributed by atoms with Gasteiger partial charge in [-0.05, 0) is 44.0 Å². The summed E-state index contributed by atoms with van der Waals surface area (Å²) in [6.45, 7) is 1.98. The summed E-state index contributed by atoms with van der Waals surface area (Å²) in [7, 11) is 1.62. The number of anilines is 1. The first kappa shape index (κ1) is 16.0. The molecule has 5 heteroatoms. The summed E-state index contributed by atoms with van der Waals surface area (Å²) in [4.78, 5) is 12.4. The van der Waals surface area contributed by atoms with E-state index in [-0.39, 0.29) is 5.91 Å². The highest BCUT2D eigenvalue weighted by Gasteiger charge is 2.19. The third kappa shape index (κ3) is 3.20. The largest absolute Gasteiger partial charge is 0.495 e. The van der Waals surface area contributed by atoms with E-state index in [2.05, 4.69) is 10.6 Å². The van der Waals surface area contributed by atoms with E-state index in [1.165, 1.54) is 0 Å². The molecule has 0 bridgehead atoms. The smallest absolute Gasteiger partial charge is 0.224 e. The maximum atomic E-state index is 12.4. The van der Waals surface area contributed by atoms with Crippen molar-refractivity contribution in [2.45, 2.75) is 19.3 Å². The minimum atomic E-state index is 0.0284. The maximum Gasteiger partial charge on any atom is 0.224 e. The van der Waals surface area contributed by atoms with Gasteiger partial charge in [-0.15, -0.1) is 0 Å². The number of ether oxygens (including phenoxy) is 1. The number of methoxy groups -OCH3 is 1. The highest BCUT2D eigenvalue weighted by atomic mass is 16.5. The molecule has 1 aromatic heterocycles. The zero-order chi connectivity index (χ0) is 17.2. The van der Waals surface area contributed by atoms with Crippen LogP contribution in [-0.4, -0.2) is 26.1 Å². The number of para-hydroxylation sites is 1. The summed E-state index contributed by atoms with van der Waals surface area (Å²) in [5, 5.41) is 8.36. The molecule has 0 atom stereocenters. The summed E-state index contributed by atoms with van der Waals surface area (Å²) in [6, 6.07) is 11.7. The molecular formula is C20H22N2O3. The number of benzene rings is 2. The van der Waals surface area contributed by atoms with Gasteiger partial charge in [0.05, 0.1) is 12.8 Å². The molecule has 130 valence electrons. The molecule has 25 heavy (non-hydrogen) atoms. The van der Waals surface area contributed by atoms with E-state index >= 15 is 0 Å². The minimum absolute atomic E-state index is 0.0284. The van der Waals surface area contributed by atoms with Crippen LogP contribution in [0.3, 0.4) is 0 Å². The van der Waals surface area contributed by atoms with Gasteiger partial charge < -0.3 is 19.8 Å². The quantitative estimate of drug-likeness (QED) is 0.757. The molecule has 1 fully saturated rings. The number of nitrogens with one attached hydrogen (secondary N) is 2. The number of amides is 1. The van der Waals surface area contributed by atoms with Crippen LogP contribution in [0.15, 0.2) is 40.8 Å². The van der Waals surface area contributed by atoms with Gasteiger partial charge in [0, 0.05) is 23.3 Å². The number of piperidine rings is 1. The summed E-state index contributed by atoms with van der Waals surface area (Å²) in [5.74, 6) is 1.13. The van der Waals surface area contributed by atoms with Crippen LogP contribution in [-0.2, 0) is 4.79 Å². The van der Waals surface area contributed by atoms with Gasteiger partial charge in [-0.25, -0.2) is 0 Å². The first-order valence-corrected chi connectivity index (χ1v) is 8.74. The monoisotopic (exact) mass is 338 g/mol. The van der Waals surface area contributed by atoms with E-state index in [9.17, 15) is 4.79 Å². The third-order valence-corrected chi connectivity index (χ3v) is 4.91. The zero-order valence-corrected chi connectivity index (χ0v) is 14.3. The molecule has 3 aromatic rings. The topological polar surface area (TPSA) is 63.5 Å². The van der Waals surface area contributed by atoms with Gasteiger partial charge in [0.1, 0.15) is 16.9 Å². The molecule has 0 unspecified atom stereocenters. The van der Waals surface area contributed by atoms with Crippen molar-refractivity contribution in [2.75, 3.05) is 25.5 Å². The lowest BCUT2D eigenvalue weighted by molar-refractivity contribution is -0.117. The Kier molecular flexibility index (Phi) is 4.32. The highest BCUT2D eigenvalue weighted by molar-refractivity contribution is 6.07. The number of furan rings is 1. The van der Waals surface area contributed by atoms with Crippen molar-refractivity contribution in [2.24, 2.45) is 5.92 Å². The van der Waals surface area contributed by atoms with Crippen LogP contribution in [0.1, 0.15) is 19.3 Å². The second-order valence-corrected chi connectivity index (χ2v) is 6.59. The standard InChI is InChI=1S/C20H22N2O3/c1-24-19-11-15-14-4-2-3-5-17(14)25-18(15)12-16(19)22-20(23)10-13-6-8-21-9-7-13/h2-5,11-13,21H,6-10H2,1H3,(H,22,23). The fraction of sp³-hybridized carbons (Fsp3) is 0.350. The zero-order valence-electron chi connectivity index (χ0n) is 14.3. The lowest BCUT2D eigenvalue weighted by Crippen LogP contribution is -2.30. The fourth-order valence-corrected chi connectivity index (χ4v) is 3.57. The molecule has 1 aliphatic rings. The number of hydrogen-bond donors (Lipinski definition) is 2. The molecule has 4 rings (SSSR count). The minimum Gasteiger partial charge on any atom is -0.495 e. The van der Waals surface area contributed by atoms with E-state index < -0.39 is 0 Å². The SMILES string of the molecule is COc1cc2c(cc1NC(=O)CC1CCNCC1)oc1ccccc12. The first-order chi connectivity index (χ1) is 12.2. The maximum absolute atomic E-state index is 12.4. The Hall–Kier alpha value is -2.53. The van der Waals surface area contributed by atoms with Crippen molar-refractivity contribution in [3.8, 4) is 5.75 Å². The molecule has 5 nitrogen and oxygen atoms in total. The number of hydrogen-bond acceptors (Lipinski definition) is 4. The number of fused-ring (bicyclic) bond motifs is 3. The predicted molar refractivity (Wildman–Crippen MR) is 99.1 cm³/mol. The van der Waals surface area contributed by atoms with Crippen LogP contribution in [0, 0.1) is 5.92 Å². The van der Waals surface area contributed by atoms with Crippen LogP contribution < -0.4 is 15.4 Å². The van der Waals surface area contributed by atoms with Gasteiger partial charge in [0.2, 0.25) is 5.91 Å². The Morgan fingerprint density at radius 3 is 2.80 bits per heavy atom. The number of rotatable bonds is 4. The number of carbonyl (C=O) groups excluding carboxylic acids is 1. The van der Waals surface area contributed by atoms with E-state index in [4.69, 9.17) is 9.15 Å². The van der Waals surface area contributed by atoms with Gasteiger partial charge in [-0.2, -0.15) is 0 Å². The van der Waals surface area contributed by atoms with Gasteiger partial charge in [-0.1, -0.05) is 18.2 Å². The van der Waals surface area contributed by atoms with E-state index in [0.29, 0.717) is 23.8 Å².